The maximum Gasteiger partial charge on any atom is 0.233 e. The Morgan fingerprint density at radius 1 is 1.17 bits per heavy atom. The van der Waals surface area contributed by atoms with Crippen LogP contribution in [0.15, 0.2) is 36.3 Å². The normalized spacial score (nSPS) is 15.2. The summed E-state index contributed by atoms with van der Waals surface area (Å²) in [5.74, 6) is -1.23. The number of nitrogens with zero attached hydrogens (tertiary/aromatic N) is 1. The van der Waals surface area contributed by atoms with Gasteiger partial charge in [0.2, 0.25) is 17.7 Å². The minimum atomic E-state index is -3.42. The molecule has 3 amide bonds. The average Bonchev–Trinajstić information content (AvgIpc) is 2.54. The highest BCUT2D eigenvalue weighted by molar-refractivity contribution is 7.94. The number of imide groups is 1. The molecule has 2 rings (SSSR count). The van der Waals surface area contributed by atoms with Crippen molar-refractivity contribution in [3.8, 4) is 0 Å². The van der Waals surface area contributed by atoms with E-state index >= 15 is 0 Å². The van der Waals surface area contributed by atoms with Crippen LogP contribution in [0, 0.1) is 0 Å². The van der Waals surface area contributed by atoms with Crippen molar-refractivity contribution in [1.82, 2.24) is 0 Å². The highest BCUT2D eigenvalue weighted by Crippen LogP contribution is 2.23. The van der Waals surface area contributed by atoms with Crippen LogP contribution in [0.4, 0.5) is 11.4 Å². The van der Waals surface area contributed by atoms with Gasteiger partial charge in [0.1, 0.15) is 0 Å². The number of rotatable bonds is 6. The molecule has 1 heterocycles. The number of anilines is 2. The van der Waals surface area contributed by atoms with E-state index < -0.39 is 15.7 Å². The van der Waals surface area contributed by atoms with Crippen molar-refractivity contribution in [2.24, 2.45) is 0 Å². The summed E-state index contributed by atoms with van der Waals surface area (Å²) in [6, 6.07) is 6.25. The fraction of sp³-hybridized carbons (Fsp3) is 0.312. The van der Waals surface area contributed by atoms with Crippen LogP contribution in [0.25, 0.3) is 0 Å². The maximum absolute atomic E-state index is 11.8. The van der Waals surface area contributed by atoms with Gasteiger partial charge in [-0.2, -0.15) is 0 Å². The molecule has 0 atom stereocenters. The van der Waals surface area contributed by atoms with Crippen molar-refractivity contribution in [3.05, 3.63) is 36.3 Å². The number of nitrogens with one attached hydrogen (secondary N) is 1. The van der Waals surface area contributed by atoms with Gasteiger partial charge in [-0.25, -0.2) is 8.42 Å². The Balaban J connectivity index is 1.99. The minimum Gasteiger partial charge on any atom is -0.326 e. The SMILES string of the molecule is C=CS(=O)(=O)CCC(=O)Nc1ccc(N2C(=O)CCCC2=O)cc1. The third kappa shape index (κ3) is 4.51. The monoisotopic (exact) mass is 350 g/mol. The number of hydrogen-bond acceptors (Lipinski definition) is 5. The number of amides is 3. The van der Waals surface area contributed by atoms with Crippen LogP contribution >= 0.6 is 0 Å². The molecular formula is C16H18N2O5S. The van der Waals surface area contributed by atoms with Crippen LogP contribution in [0.2, 0.25) is 0 Å². The maximum atomic E-state index is 11.8. The molecule has 24 heavy (non-hydrogen) atoms. The van der Waals surface area contributed by atoms with Gasteiger partial charge < -0.3 is 5.32 Å². The highest BCUT2D eigenvalue weighted by Gasteiger charge is 2.27. The van der Waals surface area contributed by atoms with E-state index in [0.29, 0.717) is 30.6 Å². The molecule has 0 radical (unpaired) electrons. The van der Waals surface area contributed by atoms with Crippen molar-refractivity contribution in [2.45, 2.75) is 25.7 Å². The number of carbonyl (C=O) groups excluding carboxylic acids is 3. The van der Waals surface area contributed by atoms with Crippen molar-refractivity contribution in [1.29, 1.82) is 0 Å². The quantitative estimate of drug-likeness (QED) is 0.786. The van der Waals surface area contributed by atoms with E-state index in [-0.39, 0.29) is 24.0 Å². The van der Waals surface area contributed by atoms with Gasteiger partial charge in [0.15, 0.2) is 9.84 Å². The van der Waals surface area contributed by atoms with Crippen LogP contribution in [-0.2, 0) is 24.2 Å². The lowest BCUT2D eigenvalue weighted by molar-refractivity contribution is -0.129. The first-order valence-corrected chi connectivity index (χ1v) is 9.15. The summed E-state index contributed by atoms with van der Waals surface area (Å²) in [5.41, 5.74) is 0.911. The highest BCUT2D eigenvalue weighted by atomic mass is 32.2. The second-order valence-electron chi connectivity index (χ2n) is 5.36. The van der Waals surface area contributed by atoms with E-state index in [9.17, 15) is 22.8 Å². The van der Waals surface area contributed by atoms with E-state index in [2.05, 4.69) is 11.9 Å². The Bertz CT molecular complexity index is 752. The lowest BCUT2D eigenvalue weighted by Gasteiger charge is -2.24. The van der Waals surface area contributed by atoms with Crippen molar-refractivity contribution < 1.29 is 22.8 Å². The Morgan fingerprint density at radius 3 is 2.29 bits per heavy atom. The van der Waals surface area contributed by atoms with E-state index in [4.69, 9.17) is 0 Å². The summed E-state index contributed by atoms with van der Waals surface area (Å²) < 4.78 is 22.5. The summed E-state index contributed by atoms with van der Waals surface area (Å²) in [5, 5.41) is 3.39. The summed E-state index contributed by atoms with van der Waals surface area (Å²) in [6.45, 7) is 3.18. The van der Waals surface area contributed by atoms with Gasteiger partial charge in [0.25, 0.3) is 0 Å². The predicted octanol–water partition coefficient (Wildman–Crippen LogP) is 1.62. The van der Waals surface area contributed by atoms with Crippen LogP contribution in [0.3, 0.4) is 0 Å². The van der Waals surface area contributed by atoms with Crippen LogP contribution in [-0.4, -0.2) is 31.9 Å². The molecule has 1 aliphatic rings. The Kier molecular flexibility index (Phi) is 5.50. The van der Waals surface area contributed by atoms with E-state index in [1.165, 1.54) is 0 Å². The lowest BCUT2D eigenvalue weighted by Crippen LogP contribution is -2.40. The Hall–Kier alpha value is -2.48. The molecular weight excluding hydrogens is 332 g/mol. The molecule has 0 saturated carbocycles. The van der Waals surface area contributed by atoms with Crippen molar-refractivity contribution in [2.75, 3.05) is 16.0 Å². The molecule has 8 heteroatoms. The van der Waals surface area contributed by atoms with Gasteiger partial charge in [0, 0.05) is 30.4 Å². The minimum absolute atomic E-state index is 0.181. The van der Waals surface area contributed by atoms with Gasteiger partial charge >= 0.3 is 0 Å². The van der Waals surface area contributed by atoms with Gasteiger partial charge in [0.05, 0.1) is 11.4 Å². The Labute approximate surface area is 140 Å². The fourth-order valence-corrected chi connectivity index (χ4v) is 2.91. The molecule has 1 fully saturated rings. The number of carbonyl (C=O) groups is 3. The molecule has 1 aromatic rings. The zero-order valence-corrected chi connectivity index (χ0v) is 13.8. The van der Waals surface area contributed by atoms with E-state index in [1.54, 1.807) is 24.3 Å². The number of sulfone groups is 1. The molecule has 1 saturated heterocycles. The third-order valence-electron chi connectivity index (χ3n) is 3.56. The molecule has 7 nitrogen and oxygen atoms in total. The molecule has 0 bridgehead atoms. The van der Waals surface area contributed by atoms with Gasteiger partial charge in [-0.3, -0.25) is 19.3 Å². The van der Waals surface area contributed by atoms with Crippen molar-refractivity contribution in [3.63, 3.8) is 0 Å². The zero-order chi connectivity index (χ0) is 17.7. The first kappa shape index (κ1) is 17.9. The largest absolute Gasteiger partial charge is 0.326 e. The molecule has 128 valence electrons. The lowest BCUT2D eigenvalue weighted by atomic mass is 10.1. The van der Waals surface area contributed by atoms with Gasteiger partial charge in [-0.1, -0.05) is 6.58 Å². The van der Waals surface area contributed by atoms with E-state index in [1.807, 2.05) is 0 Å². The van der Waals surface area contributed by atoms with E-state index in [0.717, 1.165) is 10.3 Å². The second kappa shape index (κ2) is 7.39. The topological polar surface area (TPSA) is 101 Å². The molecule has 1 N–H and O–H groups in total. The number of hydrogen-bond donors (Lipinski definition) is 1. The summed E-state index contributed by atoms with van der Waals surface area (Å²) in [6.07, 6.45) is 1.05. The average molecular weight is 350 g/mol. The zero-order valence-electron chi connectivity index (χ0n) is 13.0. The summed E-state index contributed by atoms with van der Waals surface area (Å²) >= 11 is 0. The molecule has 0 spiro atoms. The third-order valence-corrected chi connectivity index (χ3v) is 4.84. The predicted molar refractivity (Wildman–Crippen MR) is 90.0 cm³/mol. The fourth-order valence-electron chi connectivity index (χ4n) is 2.28. The van der Waals surface area contributed by atoms with Gasteiger partial charge in [-0.15, -0.1) is 0 Å². The summed E-state index contributed by atoms with van der Waals surface area (Å²) in [4.78, 5) is 36.6. The van der Waals surface area contributed by atoms with Crippen LogP contribution < -0.4 is 10.2 Å². The molecule has 0 aliphatic carbocycles. The molecule has 0 unspecified atom stereocenters. The molecule has 1 aliphatic heterocycles. The first-order chi connectivity index (χ1) is 11.3. The van der Waals surface area contributed by atoms with Crippen LogP contribution in [0.1, 0.15) is 25.7 Å². The standard InChI is InChI=1S/C16H18N2O5S/c1-2-24(22,23)11-10-14(19)17-12-6-8-13(9-7-12)18-15(20)4-3-5-16(18)21/h2,6-9H,1,3-5,10-11H2,(H,17,19). The van der Waals surface area contributed by atoms with Crippen LogP contribution in [0.5, 0.6) is 0 Å². The smallest absolute Gasteiger partial charge is 0.233 e. The number of benzene rings is 1. The molecule has 0 aromatic heterocycles. The molecule has 1 aromatic carbocycles. The van der Waals surface area contributed by atoms with Gasteiger partial charge in [-0.05, 0) is 30.7 Å². The Morgan fingerprint density at radius 2 is 1.75 bits per heavy atom. The number of piperidine rings is 1. The second-order valence-corrected chi connectivity index (χ2v) is 7.42. The summed E-state index contributed by atoms with van der Waals surface area (Å²) in [7, 11) is -3.42. The van der Waals surface area contributed by atoms with Crippen molar-refractivity contribution >= 4 is 38.9 Å². The first-order valence-electron chi connectivity index (χ1n) is 7.43.